The van der Waals surface area contributed by atoms with Gasteiger partial charge in [0.2, 0.25) is 0 Å². The third-order valence-electron chi connectivity index (χ3n) is 4.88. The molecule has 1 saturated heterocycles. The van der Waals surface area contributed by atoms with Crippen LogP contribution in [0.4, 0.5) is 0 Å². The number of piperazine rings is 1. The summed E-state index contributed by atoms with van der Waals surface area (Å²) in [4.78, 5) is 17.1. The van der Waals surface area contributed by atoms with Crippen molar-refractivity contribution in [3.8, 4) is 5.75 Å². The first-order valence-corrected chi connectivity index (χ1v) is 8.80. The van der Waals surface area contributed by atoms with Crippen LogP contribution >= 0.6 is 0 Å². The van der Waals surface area contributed by atoms with Gasteiger partial charge >= 0.3 is 0 Å². The highest BCUT2D eigenvalue weighted by atomic mass is 16.5. The van der Waals surface area contributed by atoms with Crippen molar-refractivity contribution in [2.75, 3.05) is 39.8 Å². The zero-order valence-corrected chi connectivity index (χ0v) is 15.1. The largest absolute Gasteiger partial charge is 0.497 e. The van der Waals surface area contributed by atoms with Crippen LogP contribution in [0.1, 0.15) is 29.5 Å². The third kappa shape index (κ3) is 3.65. The summed E-state index contributed by atoms with van der Waals surface area (Å²) in [5, 5.41) is 10.6. The quantitative estimate of drug-likeness (QED) is 0.900. The predicted molar refractivity (Wildman–Crippen MR) is 96.1 cm³/mol. The molecular weight excluding hydrogens is 320 g/mol. The number of aryl methyl sites for hydroxylation is 1. The van der Waals surface area contributed by atoms with Crippen molar-refractivity contribution in [3.05, 3.63) is 29.5 Å². The van der Waals surface area contributed by atoms with E-state index in [1.54, 1.807) is 7.11 Å². The molecule has 1 fully saturated rings. The second kappa shape index (κ2) is 7.45. The highest BCUT2D eigenvalue weighted by Gasteiger charge is 2.27. The molecule has 0 radical (unpaired) electrons. The van der Waals surface area contributed by atoms with Crippen LogP contribution in [0.25, 0.3) is 11.0 Å². The SMILES string of the molecule is CCC(O)CN1CCN(C(=O)c2c(C)oc3ccc(OC)cc23)CC1. The molecule has 1 N–H and O–H groups in total. The van der Waals surface area contributed by atoms with Crippen LogP contribution in [0.5, 0.6) is 5.75 Å². The Morgan fingerprint density at radius 3 is 2.68 bits per heavy atom. The van der Waals surface area contributed by atoms with Crippen molar-refractivity contribution >= 4 is 16.9 Å². The van der Waals surface area contributed by atoms with Crippen molar-refractivity contribution in [1.29, 1.82) is 0 Å². The smallest absolute Gasteiger partial charge is 0.258 e. The topological polar surface area (TPSA) is 66.2 Å². The molecule has 0 aliphatic carbocycles. The monoisotopic (exact) mass is 346 g/mol. The molecule has 6 nitrogen and oxygen atoms in total. The molecule has 1 unspecified atom stereocenters. The van der Waals surface area contributed by atoms with Gasteiger partial charge in [0, 0.05) is 38.1 Å². The number of β-amino-alcohol motifs (C(OH)–C–C–N with tert-alkyl or cyclic N) is 1. The van der Waals surface area contributed by atoms with Crippen LogP contribution in [0, 0.1) is 6.92 Å². The minimum absolute atomic E-state index is 0.000179. The van der Waals surface area contributed by atoms with Crippen molar-refractivity contribution < 1.29 is 19.1 Å². The number of methoxy groups -OCH3 is 1. The zero-order chi connectivity index (χ0) is 18.0. The van der Waals surface area contributed by atoms with Gasteiger partial charge in [-0.1, -0.05) is 6.92 Å². The van der Waals surface area contributed by atoms with Gasteiger partial charge in [0.1, 0.15) is 17.1 Å². The molecule has 0 saturated carbocycles. The lowest BCUT2D eigenvalue weighted by Gasteiger charge is -2.35. The maximum absolute atomic E-state index is 13.0. The van der Waals surface area contributed by atoms with Crippen LogP contribution in [-0.4, -0.2) is 66.8 Å². The summed E-state index contributed by atoms with van der Waals surface area (Å²) in [6.45, 7) is 7.35. The van der Waals surface area contributed by atoms with Gasteiger partial charge in [-0.3, -0.25) is 9.69 Å². The van der Waals surface area contributed by atoms with Gasteiger partial charge in [-0.05, 0) is 31.5 Å². The van der Waals surface area contributed by atoms with Gasteiger partial charge in [0.25, 0.3) is 5.91 Å². The maximum atomic E-state index is 13.0. The number of aliphatic hydroxyl groups excluding tert-OH is 1. The van der Waals surface area contributed by atoms with Gasteiger partial charge in [0.15, 0.2) is 0 Å². The Balaban J connectivity index is 1.76. The Hall–Kier alpha value is -2.05. The first-order valence-electron chi connectivity index (χ1n) is 8.80. The summed E-state index contributed by atoms with van der Waals surface area (Å²) in [6.07, 6.45) is 0.455. The summed E-state index contributed by atoms with van der Waals surface area (Å²) >= 11 is 0. The van der Waals surface area contributed by atoms with Gasteiger partial charge < -0.3 is 19.2 Å². The van der Waals surface area contributed by atoms with Gasteiger partial charge in [-0.25, -0.2) is 0 Å². The molecule has 0 spiro atoms. The number of hydrogen-bond acceptors (Lipinski definition) is 5. The van der Waals surface area contributed by atoms with E-state index in [2.05, 4.69) is 4.90 Å². The van der Waals surface area contributed by atoms with Crippen LogP contribution in [0.2, 0.25) is 0 Å². The van der Waals surface area contributed by atoms with E-state index in [0.29, 0.717) is 42.3 Å². The molecule has 1 aliphatic rings. The van der Waals surface area contributed by atoms with E-state index >= 15 is 0 Å². The number of carbonyl (C=O) groups excluding carboxylic acids is 1. The first kappa shape index (κ1) is 17.8. The Morgan fingerprint density at radius 1 is 1.32 bits per heavy atom. The number of ether oxygens (including phenoxy) is 1. The number of carbonyl (C=O) groups is 1. The number of aliphatic hydroxyl groups is 1. The Morgan fingerprint density at radius 2 is 2.04 bits per heavy atom. The molecule has 1 aromatic heterocycles. The standard InChI is InChI=1S/C19H26N2O4/c1-4-14(22)12-20-7-9-21(10-8-20)19(23)18-13(2)25-17-6-5-15(24-3)11-16(17)18/h5-6,11,14,22H,4,7-10,12H2,1-3H3. The summed E-state index contributed by atoms with van der Waals surface area (Å²) in [7, 11) is 1.61. The number of benzene rings is 1. The normalized spacial score (nSPS) is 17.0. The van der Waals surface area contributed by atoms with E-state index in [1.165, 1.54) is 0 Å². The van der Waals surface area contributed by atoms with E-state index < -0.39 is 0 Å². The summed E-state index contributed by atoms with van der Waals surface area (Å²) in [5.41, 5.74) is 1.32. The van der Waals surface area contributed by atoms with Crippen LogP contribution < -0.4 is 4.74 Å². The summed E-state index contributed by atoms with van der Waals surface area (Å²) in [5.74, 6) is 1.35. The Bertz CT molecular complexity index is 747. The lowest BCUT2D eigenvalue weighted by Crippen LogP contribution is -2.50. The molecule has 6 heteroatoms. The van der Waals surface area contributed by atoms with Crippen molar-refractivity contribution in [3.63, 3.8) is 0 Å². The summed E-state index contributed by atoms with van der Waals surface area (Å²) < 4.78 is 11.0. The number of nitrogens with zero attached hydrogens (tertiary/aromatic N) is 2. The van der Waals surface area contributed by atoms with Crippen LogP contribution in [-0.2, 0) is 0 Å². The number of rotatable bonds is 5. The van der Waals surface area contributed by atoms with E-state index in [-0.39, 0.29) is 12.0 Å². The van der Waals surface area contributed by atoms with Crippen molar-refractivity contribution in [2.24, 2.45) is 0 Å². The second-order valence-electron chi connectivity index (χ2n) is 6.55. The highest BCUT2D eigenvalue weighted by Crippen LogP contribution is 2.30. The minimum Gasteiger partial charge on any atom is -0.497 e. The third-order valence-corrected chi connectivity index (χ3v) is 4.88. The molecule has 1 atom stereocenters. The Kier molecular flexibility index (Phi) is 5.30. The molecule has 136 valence electrons. The molecule has 25 heavy (non-hydrogen) atoms. The molecule has 1 amide bonds. The summed E-state index contributed by atoms with van der Waals surface area (Å²) in [6, 6.07) is 5.52. The zero-order valence-electron chi connectivity index (χ0n) is 15.1. The molecule has 0 bridgehead atoms. The highest BCUT2D eigenvalue weighted by molar-refractivity contribution is 6.07. The first-order chi connectivity index (χ1) is 12.0. The number of furan rings is 1. The average Bonchev–Trinajstić information content (AvgIpc) is 2.96. The number of hydrogen-bond donors (Lipinski definition) is 1. The van der Waals surface area contributed by atoms with E-state index in [1.807, 2.05) is 36.9 Å². The van der Waals surface area contributed by atoms with E-state index in [4.69, 9.17) is 9.15 Å². The van der Waals surface area contributed by atoms with E-state index in [0.717, 1.165) is 24.9 Å². The fourth-order valence-electron chi connectivity index (χ4n) is 3.31. The number of fused-ring (bicyclic) bond motifs is 1. The van der Waals surface area contributed by atoms with Gasteiger partial charge in [-0.15, -0.1) is 0 Å². The van der Waals surface area contributed by atoms with Crippen LogP contribution in [0.3, 0.4) is 0 Å². The molecule has 3 rings (SSSR count). The minimum atomic E-state index is -0.297. The Labute approximate surface area is 148 Å². The lowest BCUT2D eigenvalue weighted by atomic mass is 10.1. The van der Waals surface area contributed by atoms with Gasteiger partial charge in [-0.2, -0.15) is 0 Å². The van der Waals surface area contributed by atoms with E-state index in [9.17, 15) is 9.90 Å². The molecule has 1 aromatic carbocycles. The lowest BCUT2D eigenvalue weighted by molar-refractivity contribution is 0.0524. The molecule has 1 aliphatic heterocycles. The number of amides is 1. The molecular formula is C19H26N2O4. The fraction of sp³-hybridized carbons (Fsp3) is 0.526. The molecule has 2 aromatic rings. The maximum Gasteiger partial charge on any atom is 0.258 e. The van der Waals surface area contributed by atoms with Crippen molar-refractivity contribution in [1.82, 2.24) is 9.80 Å². The van der Waals surface area contributed by atoms with Crippen LogP contribution in [0.15, 0.2) is 22.6 Å². The molecule has 2 heterocycles. The average molecular weight is 346 g/mol. The fourth-order valence-corrected chi connectivity index (χ4v) is 3.31. The second-order valence-corrected chi connectivity index (χ2v) is 6.55. The predicted octanol–water partition coefficient (Wildman–Crippen LogP) is 2.28. The van der Waals surface area contributed by atoms with Gasteiger partial charge in [0.05, 0.1) is 18.8 Å². The van der Waals surface area contributed by atoms with Crippen molar-refractivity contribution in [2.45, 2.75) is 26.4 Å².